The summed E-state index contributed by atoms with van der Waals surface area (Å²) < 4.78 is 67.7. The summed E-state index contributed by atoms with van der Waals surface area (Å²) in [7, 11) is -4.10. The summed E-state index contributed by atoms with van der Waals surface area (Å²) in [4.78, 5) is 52.0. The van der Waals surface area contributed by atoms with Crippen LogP contribution in [0.5, 0.6) is 0 Å². The number of hydrogen-bond acceptors (Lipinski definition) is 7. The van der Waals surface area contributed by atoms with Crippen LogP contribution < -0.4 is 20.9 Å². The second-order valence-corrected chi connectivity index (χ2v) is 13.1. The highest BCUT2D eigenvalue weighted by molar-refractivity contribution is 7.90. The molecule has 4 aromatic rings. The molecule has 258 valence electrons. The van der Waals surface area contributed by atoms with Gasteiger partial charge in [-0.2, -0.15) is 13.2 Å². The molecule has 0 radical (unpaired) electrons. The monoisotopic (exact) mass is 698 g/mol. The fourth-order valence-electron chi connectivity index (χ4n) is 4.87. The molecule has 0 bridgehead atoms. The summed E-state index contributed by atoms with van der Waals surface area (Å²) in [6, 6.07) is 22.4. The summed E-state index contributed by atoms with van der Waals surface area (Å²) in [5, 5.41) is 14.5. The van der Waals surface area contributed by atoms with E-state index in [0.29, 0.717) is 11.1 Å². The van der Waals surface area contributed by atoms with Gasteiger partial charge in [0, 0.05) is 5.56 Å². The van der Waals surface area contributed by atoms with Crippen molar-refractivity contribution in [2.75, 3.05) is 5.32 Å². The van der Waals surface area contributed by atoms with E-state index in [2.05, 4.69) is 10.6 Å². The van der Waals surface area contributed by atoms with Gasteiger partial charge in [0.15, 0.2) is 6.10 Å². The SMILES string of the molecule is CC(C)C(NC(=O)Cn1c(-c2ccccc2)ccc(NC(=O)Cc2ccc(C(=O)NS(=O)(=O)c3ccccc3)cc2)c1=O)C(O)C(F)(F)F. The minimum absolute atomic E-state index is 0.0174. The fraction of sp³-hybridized carbons (Fsp3) is 0.235. The van der Waals surface area contributed by atoms with Crippen LogP contribution in [0.3, 0.4) is 0 Å². The molecule has 11 nitrogen and oxygen atoms in total. The second-order valence-electron chi connectivity index (χ2n) is 11.4. The summed E-state index contributed by atoms with van der Waals surface area (Å²) in [6.07, 6.45) is -8.08. The first-order valence-electron chi connectivity index (χ1n) is 14.9. The van der Waals surface area contributed by atoms with E-state index in [-0.39, 0.29) is 28.3 Å². The van der Waals surface area contributed by atoms with Gasteiger partial charge in [0.05, 0.1) is 23.1 Å². The largest absolute Gasteiger partial charge is 0.416 e. The number of sulfonamides is 1. The molecule has 0 aliphatic carbocycles. The average Bonchev–Trinajstić information content (AvgIpc) is 3.05. The Bertz CT molecular complexity index is 1970. The molecule has 0 aliphatic rings. The number of benzene rings is 3. The van der Waals surface area contributed by atoms with Crippen molar-refractivity contribution in [3.63, 3.8) is 0 Å². The number of carbonyl (C=O) groups is 3. The normalized spacial score (nSPS) is 13.0. The van der Waals surface area contributed by atoms with E-state index in [1.807, 2.05) is 4.72 Å². The van der Waals surface area contributed by atoms with Crippen LogP contribution in [-0.2, 0) is 32.6 Å². The van der Waals surface area contributed by atoms with Gasteiger partial charge in [0.1, 0.15) is 12.2 Å². The lowest BCUT2D eigenvalue weighted by Gasteiger charge is -2.29. The molecule has 15 heteroatoms. The first-order valence-corrected chi connectivity index (χ1v) is 16.4. The lowest BCUT2D eigenvalue weighted by atomic mass is 9.98. The number of aliphatic hydroxyl groups is 1. The first-order chi connectivity index (χ1) is 23.1. The molecule has 4 rings (SSSR count). The number of alkyl halides is 3. The van der Waals surface area contributed by atoms with Gasteiger partial charge in [0.2, 0.25) is 11.8 Å². The number of carbonyl (C=O) groups excluding carboxylic acids is 3. The summed E-state index contributed by atoms with van der Waals surface area (Å²) in [5.41, 5.74) is 0.178. The maximum atomic E-state index is 13.6. The molecule has 4 N–H and O–H groups in total. The molecular weight excluding hydrogens is 665 g/mol. The highest BCUT2D eigenvalue weighted by Gasteiger charge is 2.45. The molecule has 3 aromatic carbocycles. The molecular formula is C34H33F3N4O7S. The molecule has 0 fully saturated rings. The van der Waals surface area contributed by atoms with Crippen LogP contribution in [0.2, 0.25) is 0 Å². The number of nitrogens with one attached hydrogen (secondary N) is 3. The third-order valence-electron chi connectivity index (χ3n) is 7.40. The molecule has 0 saturated carbocycles. The van der Waals surface area contributed by atoms with Gasteiger partial charge in [-0.1, -0.05) is 74.5 Å². The molecule has 49 heavy (non-hydrogen) atoms. The Balaban J connectivity index is 1.50. The molecule has 2 atom stereocenters. The van der Waals surface area contributed by atoms with E-state index in [4.69, 9.17) is 0 Å². The Hall–Kier alpha value is -5.28. The number of anilines is 1. The number of rotatable bonds is 12. The van der Waals surface area contributed by atoms with E-state index in [0.717, 1.165) is 4.57 Å². The van der Waals surface area contributed by atoms with Crippen LogP contribution >= 0.6 is 0 Å². The number of amides is 3. The standard InChI is InChI=1S/C34H33F3N4O7S/c1-21(2)30(31(44)34(35,36)37)39-29(43)20-41-27(23-9-5-3-6-10-23)18-17-26(33(41)46)38-28(42)19-22-13-15-24(16-14-22)32(45)40-49(47,48)25-11-7-4-8-12-25/h3-18,21,30-31,44H,19-20H2,1-2H3,(H,38,42)(H,39,43)(H,40,45). The Labute approximate surface area is 279 Å². The smallest absolute Gasteiger partial charge is 0.382 e. The van der Waals surface area contributed by atoms with Crippen LogP contribution in [0.4, 0.5) is 18.9 Å². The summed E-state index contributed by atoms with van der Waals surface area (Å²) in [5.74, 6) is -3.29. The third kappa shape index (κ3) is 9.42. The predicted molar refractivity (Wildman–Crippen MR) is 175 cm³/mol. The topological polar surface area (TPSA) is 164 Å². The van der Waals surface area contributed by atoms with Crippen LogP contribution in [0.25, 0.3) is 11.3 Å². The van der Waals surface area contributed by atoms with E-state index in [9.17, 15) is 45.9 Å². The highest BCUT2D eigenvalue weighted by Crippen LogP contribution is 2.26. The number of hydrogen-bond donors (Lipinski definition) is 4. The van der Waals surface area contributed by atoms with Crippen molar-refractivity contribution in [2.45, 2.75) is 50.0 Å². The molecule has 3 amide bonds. The second kappa shape index (κ2) is 15.3. The minimum Gasteiger partial charge on any atom is -0.382 e. The molecule has 0 spiro atoms. The minimum atomic E-state index is -4.99. The Morgan fingerprint density at radius 3 is 2.00 bits per heavy atom. The maximum Gasteiger partial charge on any atom is 0.416 e. The van der Waals surface area contributed by atoms with Gasteiger partial charge in [-0.05, 0) is 53.4 Å². The Morgan fingerprint density at radius 1 is 0.837 bits per heavy atom. The van der Waals surface area contributed by atoms with E-state index in [1.54, 1.807) is 36.4 Å². The van der Waals surface area contributed by atoms with Crippen LogP contribution in [-0.4, -0.2) is 54.1 Å². The molecule has 1 aromatic heterocycles. The van der Waals surface area contributed by atoms with Crippen molar-refractivity contribution >= 4 is 33.4 Å². The lowest BCUT2D eigenvalue weighted by molar-refractivity contribution is -0.215. The quantitative estimate of drug-likeness (QED) is 0.175. The van der Waals surface area contributed by atoms with Gasteiger partial charge >= 0.3 is 6.18 Å². The highest BCUT2D eigenvalue weighted by atomic mass is 32.2. The predicted octanol–water partition coefficient (Wildman–Crippen LogP) is 3.88. The van der Waals surface area contributed by atoms with Gasteiger partial charge in [-0.15, -0.1) is 0 Å². The van der Waals surface area contributed by atoms with E-state index >= 15 is 0 Å². The van der Waals surface area contributed by atoms with E-state index in [1.165, 1.54) is 74.5 Å². The van der Waals surface area contributed by atoms with Gasteiger partial charge in [-0.25, -0.2) is 13.1 Å². The number of aliphatic hydroxyl groups excluding tert-OH is 1. The van der Waals surface area contributed by atoms with Crippen molar-refractivity contribution in [3.8, 4) is 11.3 Å². The number of halogens is 3. The van der Waals surface area contributed by atoms with Gasteiger partial charge in [0.25, 0.3) is 21.5 Å². The zero-order valence-electron chi connectivity index (χ0n) is 26.3. The van der Waals surface area contributed by atoms with Crippen LogP contribution in [0, 0.1) is 5.92 Å². The van der Waals surface area contributed by atoms with E-state index < -0.39 is 64.1 Å². The van der Waals surface area contributed by atoms with Crippen molar-refractivity contribution < 1.29 is 41.1 Å². The Kier molecular flexibility index (Phi) is 11.4. The zero-order chi connectivity index (χ0) is 35.9. The molecule has 1 heterocycles. The number of nitrogens with zero attached hydrogens (tertiary/aromatic N) is 1. The van der Waals surface area contributed by atoms with Crippen molar-refractivity contribution in [2.24, 2.45) is 5.92 Å². The van der Waals surface area contributed by atoms with Crippen LogP contribution in [0.15, 0.2) is 107 Å². The van der Waals surface area contributed by atoms with Crippen LogP contribution in [0.1, 0.15) is 29.8 Å². The Morgan fingerprint density at radius 2 is 1.43 bits per heavy atom. The van der Waals surface area contributed by atoms with Crippen molar-refractivity contribution in [1.82, 2.24) is 14.6 Å². The first kappa shape index (κ1) is 36.6. The summed E-state index contributed by atoms with van der Waals surface area (Å²) in [6.45, 7) is 2.08. The molecule has 0 saturated heterocycles. The van der Waals surface area contributed by atoms with Crippen molar-refractivity contribution in [3.05, 3.63) is 119 Å². The zero-order valence-corrected chi connectivity index (χ0v) is 27.1. The number of pyridine rings is 1. The molecule has 2 unspecified atom stereocenters. The summed E-state index contributed by atoms with van der Waals surface area (Å²) >= 11 is 0. The fourth-order valence-corrected chi connectivity index (χ4v) is 5.87. The average molecular weight is 699 g/mol. The van der Waals surface area contributed by atoms with Crippen molar-refractivity contribution in [1.29, 1.82) is 0 Å². The third-order valence-corrected chi connectivity index (χ3v) is 8.75. The molecule has 0 aliphatic heterocycles. The maximum absolute atomic E-state index is 13.6. The lowest BCUT2D eigenvalue weighted by Crippen LogP contribution is -2.53. The van der Waals surface area contributed by atoms with Gasteiger partial charge < -0.3 is 15.7 Å². The number of aromatic nitrogens is 1. The van der Waals surface area contributed by atoms with Gasteiger partial charge in [-0.3, -0.25) is 23.7 Å².